The van der Waals surface area contributed by atoms with Crippen LogP contribution in [0, 0.1) is 26.7 Å². The summed E-state index contributed by atoms with van der Waals surface area (Å²) >= 11 is 0. The van der Waals surface area contributed by atoms with Crippen molar-refractivity contribution in [3.63, 3.8) is 0 Å². The van der Waals surface area contributed by atoms with E-state index in [0.29, 0.717) is 24.5 Å². The van der Waals surface area contributed by atoms with E-state index < -0.39 is 0 Å². The van der Waals surface area contributed by atoms with Crippen molar-refractivity contribution in [2.45, 2.75) is 53.5 Å². The number of carbonyl (C=O) groups is 2. The number of aromatic nitrogens is 3. The number of piperidine rings is 1. The molecule has 28 heavy (non-hydrogen) atoms. The van der Waals surface area contributed by atoms with E-state index in [0.717, 1.165) is 24.1 Å². The molecule has 1 atom stereocenters. The summed E-state index contributed by atoms with van der Waals surface area (Å²) in [4.78, 5) is 28.4. The third-order valence-electron chi connectivity index (χ3n) is 5.13. The van der Waals surface area contributed by atoms with Crippen LogP contribution in [-0.2, 0) is 4.79 Å². The number of rotatable bonds is 4. The van der Waals surface area contributed by atoms with Crippen molar-refractivity contribution in [1.82, 2.24) is 25.2 Å². The van der Waals surface area contributed by atoms with Gasteiger partial charge >= 0.3 is 0 Å². The van der Waals surface area contributed by atoms with Crippen LogP contribution < -0.4 is 5.32 Å². The molecule has 0 spiro atoms. The fraction of sp³-hybridized carbons (Fsp3) is 0.524. The van der Waals surface area contributed by atoms with Crippen molar-refractivity contribution in [2.75, 3.05) is 13.1 Å². The van der Waals surface area contributed by atoms with Gasteiger partial charge in [0.05, 0.1) is 11.4 Å². The van der Waals surface area contributed by atoms with Gasteiger partial charge in [-0.25, -0.2) is 0 Å². The Balaban J connectivity index is 1.77. The fourth-order valence-electron chi connectivity index (χ4n) is 3.51. The first-order chi connectivity index (χ1) is 13.3. The number of amides is 2. The van der Waals surface area contributed by atoms with Gasteiger partial charge in [0, 0.05) is 25.0 Å². The van der Waals surface area contributed by atoms with E-state index in [1.807, 2.05) is 46.8 Å². The second kappa shape index (κ2) is 8.12. The van der Waals surface area contributed by atoms with Crippen LogP contribution in [0.4, 0.5) is 0 Å². The number of benzene rings is 1. The van der Waals surface area contributed by atoms with E-state index in [9.17, 15) is 9.59 Å². The molecule has 0 saturated carbocycles. The second-order valence-electron chi connectivity index (χ2n) is 7.97. The highest BCUT2D eigenvalue weighted by Crippen LogP contribution is 2.18. The molecule has 1 N–H and O–H groups in total. The fourth-order valence-corrected chi connectivity index (χ4v) is 3.51. The van der Waals surface area contributed by atoms with Gasteiger partial charge in [-0.2, -0.15) is 9.90 Å². The minimum Gasteiger partial charge on any atom is -0.351 e. The van der Waals surface area contributed by atoms with Crippen LogP contribution in [0.25, 0.3) is 5.69 Å². The predicted molar refractivity (Wildman–Crippen MR) is 107 cm³/mol. The molecule has 0 radical (unpaired) electrons. The molecular weight excluding hydrogens is 354 g/mol. The van der Waals surface area contributed by atoms with Crippen LogP contribution in [0.5, 0.6) is 0 Å². The molecule has 0 bridgehead atoms. The van der Waals surface area contributed by atoms with E-state index in [1.54, 1.807) is 9.70 Å². The van der Waals surface area contributed by atoms with Crippen LogP contribution in [-0.4, -0.2) is 50.8 Å². The Kier molecular flexibility index (Phi) is 5.82. The van der Waals surface area contributed by atoms with Gasteiger partial charge in [0.25, 0.3) is 5.91 Å². The zero-order valence-electron chi connectivity index (χ0n) is 17.3. The van der Waals surface area contributed by atoms with Crippen molar-refractivity contribution in [3.8, 4) is 5.69 Å². The monoisotopic (exact) mass is 383 g/mol. The number of aryl methyl sites for hydroxylation is 3. The average molecular weight is 383 g/mol. The molecule has 3 rings (SSSR count). The summed E-state index contributed by atoms with van der Waals surface area (Å²) in [5, 5.41) is 12.0. The first-order valence-electron chi connectivity index (χ1n) is 9.87. The van der Waals surface area contributed by atoms with Gasteiger partial charge in [0.1, 0.15) is 0 Å². The van der Waals surface area contributed by atoms with E-state index in [1.165, 1.54) is 5.56 Å². The summed E-state index contributed by atoms with van der Waals surface area (Å²) < 4.78 is 0. The maximum absolute atomic E-state index is 13.1. The predicted octanol–water partition coefficient (Wildman–Crippen LogP) is 2.57. The van der Waals surface area contributed by atoms with E-state index in [-0.39, 0.29) is 23.8 Å². The quantitative estimate of drug-likeness (QED) is 0.880. The Labute approximate surface area is 166 Å². The topological polar surface area (TPSA) is 80.1 Å². The van der Waals surface area contributed by atoms with Gasteiger partial charge in [-0.15, -0.1) is 5.10 Å². The molecule has 7 heteroatoms. The smallest absolute Gasteiger partial charge is 0.276 e. The van der Waals surface area contributed by atoms with Gasteiger partial charge in [-0.05, 0) is 45.2 Å². The third-order valence-corrected chi connectivity index (χ3v) is 5.13. The van der Waals surface area contributed by atoms with Gasteiger partial charge < -0.3 is 10.2 Å². The number of hydrogen-bond donors (Lipinski definition) is 1. The van der Waals surface area contributed by atoms with Gasteiger partial charge in [0.2, 0.25) is 5.91 Å². The molecular formula is C21H29N5O2. The Morgan fingerprint density at radius 3 is 2.61 bits per heavy atom. The maximum atomic E-state index is 13.1. The number of nitrogens with one attached hydrogen (secondary N) is 1. The minimum atomic E-state index is -0.128. The normalized spacial score (nSPS) is 17.1. The summed E-state index contributed by atoms with van der Waals surface area (Å²) in [5.74, 6) is -0.167. The second-order valence-corrected chi connectivity index (χ2v) is 7.97. The Morgan fingerprint density at radius 1 is 1.18 bits per heavy atom. The van der Waals surface area contributed by atoms with Crippen molar-refractivity contribution in [3.05, 3.63) is 40.7 Å². The average Bonchev–Trinajstić information content (AvgIpc) is 3.02. The first kappa shape index (κ1) is 20.0. The van der Waals surface area contributed by atoms with Crippen molar-refractivity contribution < 1.29 is 9.59 Å². The lowest BCUT2D eigenvalue weighted by Crippen LogP contribution is -2.50. The Bertz CT molecular complexity index is 887. The molecule has 1 saturated heterocycles. The highest BCUT2D eigenvalue weighted by molar-refractivity contribution is 5.93. The van der Waals surface area contributed by atoms with Crippen molar-refractivity contribution in [1.29, 1.82) is 0 Å². The standard InChI is InChI=1S/C21H29N5O2/c1-13(2)20(27)22-17-7-6-10-25(12-17)21(28)19-16(5)23-26(24-19)18-9-8-14(3)11-15(18)4/h8-9,11,13,17H,6-7,10,12H2,1-5H3,(H,22,27). The minimum absolute atomic E-state index is 0.0118. The lowest BCUT2D eigenvalue weighted by atomic mass is 10.0. The number of likely N-dealkylation sites (tertiary alicyclic amines) is 1. The highest BCUT2D eigenvalue weighted by Gasteiger charge is 2.29. The molecule has 1 aromatic heterocycles. The van der Waals surface area contributed by atoms with Gasteiger partial charge in [0.15, 0.2) is 5.69 Å². The Hall–Kier alpha value is -2.70. The van der Waals surface area contributed by atoms with Crippen molar-refractivity contribution in [2.24, 2.45) is 5.92 Å². The molecule has 1 aliphatic rings. The van der Waals surface area contributed by atoms with Crippen LogP contribution in [0.15, 0.2) is 18.2 Å². The molecule has 1 fully saturated rings. The zero-order chi connectivity index (χ0) is 20.4. The number of hydrogen-bond acceptors (Lipinski definition) is 4. The summed E-state index contributed by atoms with van der Waals surface area (Å²) in [5.41, 5.74) is 4.08. The lowest BCUT2D eigenvalue weighted by Gasteiger charge is -2.33. The molecule has 2 aromatic rings. The van der Waals surface area contributed by atoms with Crippen LogP contribution in [0.1, 0.15) is 54.0 Å². The molecule has 150 valence electrons. The molecule has 2 amide bonds. The first-order valence-corrected chi connectivity index (χ1v) is 9.87. The van der Waals surface area contributed by atoms with Crippen LogP contribution in [0.2, 0.25) is 0 Å². The molecule has 1 aromatic carbocycles. The van der Waals surface area contributed by atoms with E-state index in [4.69, 9.17) is 0 Å². The molecule has 0 aliphatic carbocycles. The summed E-state index contributed by atoms with van der Waals surface area (Å²) in [6.07, 6.45) is 1.75. The van der Waals surface area contributed by atoms with E-state index in [2.05, 4.69) is 21.6 Å². The van der Waals surface area contributed by atoms with E-state index >= 15 is 0 Å². The lowest BCUT2D eigenvalue weighted by molar-refractivity contribution is -0.125. The summed E-state index contributed by atoms with van der Waals surface area (Å²) in [7, 11) is 0. The molecule has 1 unspecified atom stereocenters. The third kappa shape index (κ3) is 4.24. The number of nitrogens with zero attached hydrogens (tertiary/aromatic N) is 4. The zero-order valence-corrected chi connectivity index (χ0v) is 17.3. The highest BCUT2D eigenvalue weighted by atomic mass is 16.2. The van der Waals surface area contributed by atoms with Crippen molar-refractivity contribution >= 4 is 11.8 Å². The summed E-state index contributed by atoms with van der Waals surface area (Å²) in [6.45, 7) is 10.8. The SMILES string of the molecule is Cc1ccc(-n2nc(C)c(C(=O)N3CCCC(NC(=O)C(C)C)C3)n2)c(C)c1. The molecule has 2 heterocycles. The van der Waals surface area contributed by atoms with Gasteiger partial charge in [-0.1, -0.05) is 31.5 Å². The summed E-state index contributed by atoms with van der Waals surface area (Å²) in [6, 6.07) is 6.04. The van der Waals surface area contributed by atoms with Gasteiger partial charge in [-0.3, -0.25) is 9.59 Å². The largest absolute Gasteiger partial charge is 0.351 e. The van der Waals surface area contributed by atoms with Crippen LogP contribution >= 0.6 is 0 Å². The van der Waals surface area contributed by atoms with Crippen LogP contribution in [0.3, 0.4) is 0 Å². The molecule has 7 nitrogen and oxygen atoms in total. The maximum Gasteiger partial charge on any atom is 0.276 e. The molecule has 1 aliphatic heterocycles. The Morgan fingerprint density at radius 2 is 1.93 bits per heavy atom. The number of carbonyl (C=O) groups excluding carboxylic acids is 2.